The van der Waals surface area contributed by atoms with Gasteiger partial charge in [-0.15, -0.1) is 0 Å². The van der Waals surface area contributed by atoms with Crippen molar-refractivity contribution in [2.24, 2.45) is 10.9 Å². The zero-order valence-corrected chi connectivity index (χ0v) is 16.7. The Morgan fingerprint density at radius 1 is 1.30 bits per heavy atom. The van der Waals surface area contributed by atoms with Crippen LogP contribution in [0.2, 0.25) is 0 Å². The molecular formula is C21H22FN7O. The molecule has 2 atom stereocenters. The number of nitrogens with one attached hydrogen (secondary N) is 2. The maximum Gasteiger partial charge on any atom is 0.253 e. The number of aromatic nitrogens is 4. The van der Waals surface area contributed by atoms with Gasteiger partial charge in [0.05, 0.1) is 29.8 Å². The molecule has 3 rings (SSSR count). The SMILES string of the molecule is Cc1ccc(-n2nccn2)c(C(=O)NC(C)CC(C=N)C=Nc2ccc(F)cn2)c1. The van der Waals surface area contributed by atoms with Crippen LogP contribution in [0.1, 0.15) is 29.3 Å². The second kappa shape index (κ2) is 9.64. The Kier molecular flexibility index (Phi) is 6.74. The summed E-state index contributed by atoms with van der Waals surface area (Å²) in [6.07, 6.45) is 7.48. The molecule has 8 nitrogen and oxygen atoms in total. The Labute approximate surface area is 173 Å². The lowest BCUT2D eigenvalue weighted by molar-refractivity contribution is 0.0937. The number of nitrogens with zero attached hydrogens (tertiary/aromatic N) is 5. The topological polar surface area (TPSA) is 109 Å². The lowest BCUT2D eigenvalue weighted by Gasteiger charge is -2.17. The summed E-state index contributed by atoms with van der Waals surface area (Å²) < 4.78 is 12.9. The Bertz CT molecular complexity index is 1030. The van der Waals surface area contributed by atoms with E-state index in [0.29, 0.717) is 23.5 Å². The fourth-order valence-corrected chi connectivity index (χ4v) is 2.90. The molecule has 9 heteroatoms. The van der Waals surface area contributed by atoms with Gasteiger partial charge in [0.25, 0.3) is 5.91 Å². The predicted molar refractivity (Wildman–Crippen MR) is 112 cm³/mol. The molecule has 1 amide bonds. The number of aryl methyl sites for hydroxylation is 1. The summed E-state index contributed by atoms with van der Waals surface area (Å²) in [5.41, 5.74) is 2.00. The monoisotopic (exact) mass is 407 g/mol. The quantitative estimate of drug-likeness (QED) is 0.559. The first kappa shape index (κ1) is 21.0. The van der Waals surface area contributed by atoms with Gasteiger partial charge in [0.1, 0.15) is 5.82 Å². The second-order valence-corrected chi connectivity index (χ2v) is 6.89. The van der Waals surface area contributed by atoms with Crippen LogP contribution in [0.3, 0.4) is 0 Å². The number of hydrogen-bond acceptors (Lipinski definition) is 6. The lowest BCUT2D eigenvalue weighted by atomic mass is 10.0. The van der Waals surface area contributed by atoms with Gasteiger partial charge >= 0.3 is 0 Å². The van der Waals surface area contributed by atoms with Gasteiger partial charge in [-0.2, -0.15) is 15.0 Å². The molecule has 2 unspecified atom stereocenters. The van der Waals surface area contributed by atoms with E-state index in [4.69, 9.17) is 5.41 Å². The lowest BCUT2D eigenvalue weighted by Crippen LogP contribution is -2.35. The van der Waals surface area contributed by atoms with Crippen molar-refractivity contribution in [3.63, 3.8) is 0 Å². The van der Waals surface area contributed by atoms with Crippen molar-refractivity contribution in [2.45, 2.75) is 26.3 Å². The molecule has 1 aromatic carbocycles. The maximum absolute atomic E-state index is 12.9. The van der Waals surface area contributed by atoms with Crippen LogP contribution >= 0.6 is 0 Å². The Hall–Kier alpha value is -3.75. The van der Waals surface area contributed by atoms with Crippen molar-refractivity contribution in [3.05, 3.63) is 65.9 Å². The summed E-state index contributed by atoms with van der Waals surface area (Å²) in [4.78, 5) is 22.3. The molecule has 0 fully saturated rings. The highest BCUT2D eigenvalue weighted by Gasteiger charge is 2.18. The molecule has 2 heterocycles. The van der Waals surface area contributed by atoms with E-state index < -0.39 is 5.82 Å². The van der Waals surface area contributed by atoms with Gasteiger partial charge < -0.3 is 10.7 Å². The number of aliphatic imine (C=N–C) groups is 1. The van der Waals surface area contributed by atoms with Crippen molar-refractivity contribution in [3.8, 4) is 5.69 Å². The first-order valence-electron chi connectivity index (χ1n) is 9.41. The zero-order chi connectivity index (χ0) is 21.5. The van der Waals surface area contributed by atoms with Crippen molar-refractivity contribution >= 4 is 24.2 Å². The average molecular weight is 407 g/mol. The fourth-order valence-electron chi connectivity index (χ4n) is 2.90. The standard InChI is InChI=1S/C21H22FN7O/c1-14-3-5-19(29-26-7-8-27-29)18(9-14)21(30)28-15(2)10-16(11-23)12-24-20-6-4-17(22)13-25-20/h3-9,11-13,15-16,23H,10H2,1-2H3,(H,28,30). The Morgan fingerprint density at radius 3 is 2.73 bits per heavy atom. The highest BCUT2D eigenvalue weighted by atomic mass is 19.1. The smallest absolute Gasteiger partial charge is 0.253 e. The third-order valence-electron chi connectivity index (χ3n) is 4.36. The van der Waals surface area contributed by atoms with E-state index in [2.05, 4.69) is 25.5 Å². The number of rotatable bonds is 8. The van der Waals surface area contributed by atoms with Crippen LogP contribution in [0.25, 0.3) is 5.69 Å². The van der Waals surface area contributed by atoms with E-state index >= 15 is 0 Å². The van der Waals surface area contributed by atoms with E-state index in [1.165, 1.54) is 23.1 Å². The second-order valence-electron chi connectivity index (χ2n) is 6.89. The minimum Gasteiger partial charge on any atom is -0.349 e. The fraction of sp³-hybridized carbons (Fsp3) is 0.238. The van der Waals surface area contributed by atoms with E-state index in [1.807, 2.05) is 19.9 Å². The van der Waals surface area contributed by atoms with Crippen LogP contribution in [-0.4, -0.2) is 44.4 Å². The predicted octanol–water partition coefficient (Wildman–Crippen LogP) is 3.29. The summed E-state index contributed by atoms with van der Waals surface area (Å²) in [7, 11) is 0. The van der Waals surface area contributed by atoms with Gasteiger partial charge in [0, 0.05) is 24.4 Å². The molecule has 154 valence electrons. The van der Waals surface area contributed by atoms with Crippen LogP contribution in [0.15, 0.2) is 53.9 Å². The molecule has 0 saturated carbocycles. The third-order valence-corrected chi connectivity index (χ3v) is 4.36. The largest absolute Gasteiger partial charge is 0.349 e. The highest BCUT2D eigenvalue weighted by molar-refractivity contribution is 5.98. The number of pyridine rings is 1. The number of halogens is 1. The van der Waals surface area contributed by atoms with Crippen molar-refractivity contribution in [1.29, 1.82) is 5.41 Å². The summed E-state index contributed by atoms with van der Waals surface area (Å²) in [6.45, 7) is 3.77. The molecule has 0 aliphatic rings. The first-order chi connectivity index (χ1) is 14.5. The van der Waals surface area contributed by atoms with Gasteiger partial charge in [-0.1, -0.05) is 11.6 Å². The number of carbonyl (C=O) groups excluding carboxylic acids is 1. The van der Waals surface area contributed by atoms with E-state index in [0.717, 1.165) is 11.8 Å². The van der Waals surface area contributed by atoms with Gasteiger partial charge in [-0.3, -0.25) is 4.79 Å². The average Bonchev–Trinajstić information content (AvgIpc) is 3.26. The van der Waals surface area contributed by atoms with Crippen LogP contribution < -0.4 is 5.32 Å². The minimum absolute atomic E-state index is 0.226. The van der Waals surface area contributed by atoms with Crippen molar-refractivity contribution in [1.82, 2.24) is 25.3 Å². The van der Waals surface area contributed by atoms with E-state index in [1.54, 1.807) is 30.7 Å². The molecule has 0 spiro atoms. The number of benzene rings is 1. The van der Waals surface area contributed by atoms with Crippen LogP contribution in [-0.2, 0) is 0 Å². The van der Waals surface area contributed by atoms with E-state index in [-0.39, 0.29) is 17.9 Å². The van der Waals surface area contributed by atoms with Crippen LogP contribution in [0, 0.1) is 24.1 Å². The minimum atomic E-state index is -0.435. The summed E-state index contributed by atoms with van der Waals surface area (Å²) in [5.74, 6) is -0.637. The highest BCUT2D eigenvalue weighted by Crippen LogP contribution is 2.16. The molecular weight excluding hydrogens is 385 g/mol. The third kappa shape index (κ3) is 5.40. The maximum atomic E-state index is 12.9. The van der Waals surface area contributed by atoms with Crippen LogP contribution in [0.4, 0.5) is 10.2 Å². The molecule has 0 saturated heterocycles. The van der Waals surface area contributed by atoms with Crippen molar-refractivity contribution < 1.29 is 9.18 Å². The van der Waals surface area contributed by atoms with E-state index in [9.17, 15) is 9.18 Å². The summed E-state index contributed by atoms with van der Waals surface area (Å²) in [6, 6.07) is 7.99. The number of amides is 1. The van der Waals surface area contributed by atoms with Crippen LogP contribution in [0.5, 0.6) is 0 Å². The zero-order valence-electron chi connectivity index (χ0n) is 16.7. The molecule has 3 aromatic rings. The Morgan fingerprint density at radius 2 is 2.07 bits per heavy atom. The summed E-state index contributed by atoms with van der Waals surface area (Å²) in [5, 5.41) is 18.8. The molecule has 2 N–H and O–H groups in total. The molecule has 0 aliphatic carbocycles. The van der Waals surface area contributed by atoms with Gasteiger partial charge in [0.15, 0.2) is 5.82 Å². The van der Waals surface area contributed by atoms with Gasteiger partial charge in [-0.05, 0) is 44.5 Å². The molecule has 0 aliphatic heterocycles. The van der Waals surface area contributed by atoms with Gasteiger partial charge in [-0.25, -0.2) is 14.4 Å². The number of hydrogen-bond donors (Lipinski definition) is 2. The Balaban J connectivity index is 1.67. The molecule has 0 bridgehead atoms. The normalized spacial score (nSPS) is 13.2. The molecule has 30 heavy (non-hydrogen) atoms. The summed E-state index contributed by atoms with van der Waals surface area (Å²) >= 11 is 0. The molecule has 0 radical (unpaired) electrons. The molecule has 2 aromatic heterocycles. The van der Waals surface area contributed by atoms with Gasteiger partial charge in [0.2, 0.25) is 0 Å². The first-order valence-corrected chi connectivity index (χ1v) is 9.41. The number of carbonyl (C=O) groups is 1. The van der Waals surface area contributed by atoms with Crippen molar-refractivity contribution in [2.75, 3.05) is 0 Å².